The lowest BCUT2D eigenvalue weighted by Gasteiger charge is -2.27. The summed E-state index contributed by atoms with van der Waals surface area (Å²) in [6.45, 7) is 2.53. The molecule has 0 unspecified atom stereocenters. The van der Waals surface area contributed by atoms with E-state index in [4.69, 9.17) is 0 Å². The molecule has 19 heavy (non-hydrogen) atoms. The summed E-state index contributed by atoms with van der Waals surface area (Å²) < 4.78 is 0. The fourth-order valence-corrected chi connectivity index (χ4v) is 2.55. The number of aliphatic hydroxyl groups is 1. The van der Waals surface area contributed by atoms with Crippen LogP contribution in [-0.4, -0.2) is 23.8 Å². The minimum absolute atomic E-state index is 0.192. The van der Waals surface area contributed by atoms with Crippen LogP contribution in [-0.2, 0) is 0 Å². The zero-order valence-corrected chi connectivity index (χ0v) is 11.4. The maximum atomic E-state index is 11.8. The molecular formula is C15H22N2O2. The van der Waals surface area contributed by atoms with Gasteiger partial charge in [-0.15, -0.1) is 0 Å². The monoisotopic (exact) mass is 262 g/mol. The molecule has 1 fully saturated rings. The number of carbonyl (C=O) groups is 1. The Labute approximate surface area is 114 Å². The summed E-state index contributed by atoms with van der Waals surface area (Å²) in [5.41, 5.74) is 1.90. The molecule has 0 saturated heterocycles. The number of hydrogen-bond donors (Lipinski definition) is 3. The number of amides is 2. The number of rotatable bonds is 3. The third kappa shape index (κ3) is 4.24. The molecule has 1 aromatic rings. The van der Waals surface area contributed by atoms with E-state index in [2.05, 4.69) is 10.6 Å². The first-order valence-electron chi connectivity index (χ1n) is 6.95. The SMILES string of the molecule is Cc1cccc(NC(=O)NC[C@H]2CCCC[C@@H]2O)c1. The first kappa shape index (κ1) is 13.9. The number of urea groups is 1. The highest BCUT2D eigenvalue weighted by atomic mass is 16.3. The van der Waals surface area contributed by atoms with Crippen LogP contribution in [0.5, 0.6) is 0 Å². The first-order valence-corrected chi connectivity index (χ1v) is 6.95. The van der Waals surface area contributed by atoms with E-state index < -0.39 is 0 Å². The highest BCUT2D eigenvalue weighted by Crippen LogP contribution is 2.23. The number of nitrogens with one attached hydrogen (secondary N) is 2. The maximum absolute atomic E-state index is 11.8. The van der Waals surface area contributed by atoms with Crippen molar-refractivity contribution in [1.82, 2.24) is 5.32 Å². The van der Waals surface area contributed by atoms with E-state index in [0.717, 1.165) is 36.9 Å². The first-order chi connectivity index (χ1) is 9.15. The largest absolute Gasteiger partial charge is 0.393 e. The van der Waals surface area contributed by atoms with Gasteiger partial charge in [0.15, 0.2) is 0 Å². The molecule has 2 rings (SSSR count). The van der Waals surface area contributed by atoms with Gasteiger partial charge in [-0.25, -0.2) is 4.79 Å². The van der Waals surface area contributed by atoms with Gasteiger partial charge in [-0.1, -0.05) is 25.0 Å². The molecule has 2 atom stereocenters. The molecule has 0 spiro atoms. The van der Waals surface area contributed by atoms with Crippen LogP contribution in [0.4, 0.5) is 10.5 Å². The van der Waals surface area contributed by atoms with Gasteiger partial charge >= 0.3 is 6.03 Å². The third-order valence-corrected chi connectivity index (χ3v) is 3.67. The van der Waals surface area contributed by atoms with Gasteiger partial charge in [0.1, 0.15) is 0 Å². The molecule has 1 aliphatic carbocycles. The number of aliphatic hydroxyl groups excluding tert-OH is 1. The van der Waals surface area contributed by atoms with Crippen LogP contribution in [0.1, 0.15) is 31.2 Å². The van der Waals surface area contributed by atoms with E-state index in [1.807, 2.05) is 31.2 Å². The van der Waals surface area contributed by atoms with Gasteiger partial charge in [0, 0.05) is 18.2 Å². The number of hydrogen-bond acceptors (Lipinski definition) is 2. The molecule has 0 heterocycles. The molecule has 0 aromatic heterocycles. The van der Waals surface area contributed by atoms with Gasteiger partial charge in [0.2, 0.25) is 0 Å². The van der Waals surface area contributed by atoms with Gasteiger partial charge in [-0.05, 0) is 37.5 Å². The molecule has 104 valence electrons. The van der Waals surface area contributed by atoms with E-state index in [1.54, 1.807) is 0 Å². The smallest absolute Gasteiger partial charge is 0.319 e. The quantitative estimate of drug-likeness (QED) is 0.784. The van der Waals surface area contributed by atoms with Crippen LogP contribution in [0.3, 0.4) is 0 Å². The van der Waals surface area contributed by atoms with Crippen molar-refractivity contribution in [1.29, 1.82) is 0 Å². The van der Waals surface area contributed by atoms with E-state index in [9.17, 15) is 9.90 Å². The number of anilines is 1. The van der Waals surface area contributed by atoms with Crippen molar-refractivity contribution in [3.05, 3.63) is 29.8 Å². The molecule has 0 radical (unpaired) electrons. The summed E-state index contributed by atoms with van der Waals surface area (Å²) in [6.07, 6.45) is 3.81. The Hall–Kier alpha value is -1.55. The molecule has 2 amide bonds. The second-order valence-electron chi connectivity index (χ2n) is 5.32. The molecule has 0 bridgehead atoms. The Kier molecular flexibility index (Phi) is 4.80. The van der Waals surface area contributed by atoms with E-state index in [-0.39, 0.29) is 18.1 Å². The normalized spacial score (nSPS) is 22.8. The molecule has 3 N–H and O–H groups in total. The van der Waals surface area contributed by atoms with E-state index in [0.29, 0.717) is 6.54 Å². The van der Waals surface area contributed by atoms with Crippen molar-refractivity contribution < 1.29 is 9.90 Å². The lowest BCUT2D eigenvalue weighted by molar-refractivity contribution is 0.0712. The maximum Gasteiger partial charge on any atom is 0.319 e. The Morgan fingerprint density at radius 3 is 2.89 bits per heavy atom. The summed E-state index contributed by atoms with van der Waals surface area (Å²) in [4.78, 5) is 11.8. The Bertz CT molecular complexity index is 434. The molecule has 4 nitrogen and oxygen atoms in total. The zero-order chi connectivity index (χ0) is 13.7. The van der Waals surface area contributed by atoms with Crippen molar-refractivity contribution in [2.24, 2.45) is 5.92 Å². The standard InChI is InChI=1S/C15H22N2O2/c1-11-5-4-7-13(9-11)17-15(19)16-10-12-6-2-3-8-14(12)18/h4-5,7,9,12,14,18H,2-3,6,8,10H2,1H3,(H2,16,17,19)/t12-,14+/m1/s1. The minimum Gasteiger partial charge on any atom is -0.393 e. The number of benzene rings is 1. The summed E-state index contributed by atoms with van der Waals surface area (Å²) >= 11 is 0. The second-order valence-corrected chi connectivity index (χ2v) is 5.32. The van der Waals surface area contributed by atoms with Crippen LogP contribution in [0.15, 0.2) is 24.3 Å². The predicted octanol–water partition coefficient (Wildman–Crippen LogP) is 2.67. The zero-order valence-electron chi connectivity index (χ0n) is 11.4. The highest BCUT2D eigenvalue weighted by molar-refractivity contribution is 5.89. The van der Waals surface area contributed by atoms with Gasteiger partial charge in [-0.3, -0.25) is 0 Å². The molecule has 1 aromatic carbocycles. The van der Waals surface area contributed by atoms with Crippen molar-refractivity contribution in [3.8, 4) is 0 Å². The van der Waals surface area contributed by atoms with Gasteiger partial charge in [0.05, 0.1) is 6.10 Å². The van der Waals surface area contributed by atoms with Crippen LogP contribution in [0, 0.1) is 12.8 Å². The van der Waals surface area contributed by atoms with Crippen molar-refractivity contribution in [2.45, 2.75) is 38.7 Å². The molecule has 4 heteroatoms. The van der Waals surface area contributed by atoms with Gasteiger partial charge in [0.25, 0.3) is 0 Å². The van der Waals surface area contributed by atoms with Crippen molar-refractivity contribution in [3.63, 3.8) is 0 Å². The van der Waals surface area contributed by atoms with E-state index in [1.165, 1.54) is 0 Å². The van der Waals surface area contributed by atoms with Gasteiger partial charge in [-0.2, -0.15) is 0 Å². The predicted molar refractivity (Wildman–Crippen MR) is 76.2 cm³/mol. The fraction of sp³-hybridized carbons (Fsp3) is 0.533. The third-order valence-electron chi connectivity index (χ3n) is 3.67. The molecule has 1 aliphatic rings. The lowest BCUT2D eigenvalue weighted by Crippen LogP contribution is -2.38. The van der Waals surface area contributed by atoms with Crippen molar-refractivity contribution in [2.75, 3.05) is 11.9 Å². The summed E-state index contributed by atoms with van der Waals surface area (Å²) in [5, 5.41) is 15.5. The average Bonchev–Trinajstić information content (AvgIpc) is 2.38. The van der Waals surface area contributed by atoms with Crippen LogP contribution >= 0.6 is 0 Å². The van der Waals surface area contributed by atoms with E-state index >= 15 is 0 Å². The summed E-state index contributed by atoms with van der Waals surface area (Å²) in [6, 6.07) is 7.48. The fourth-order valence-electron chi connectivity index (χ4n) is 2.55. The summed E-state index contributed by atoms with van der Waals surface area (Å²) in [7, 11) is 0. The lowest BCUT2D eigenvalue weighted by atomic mass is 9.86. The van der Waals surface area contributed by atoms with Crippen LogP contribution in [0.25, 0.3) is 0 Å². The second kappa shape index (κ2) is 6.57. The number of carbonyl (C=O) groups excluding carboxylic acids is 1. The molecular weight excluding hydrogens is 240 g/mol. The van der Waals surface area contributed by atoms with Crippen LogP contribution < -0.4 is 10.6 Å². The number of aryl methyl sites for hydroxylation is 1. The average molecular weight is 262 g/mol. The topological polar surface area (TPSA) is 61.4 Å². The Morgan fingerprint density at radius 2 is 2.16 bits per heavy atom. The Balaban J connectivity index is 1.78. The minimum atomic E-state index is -0.270. The molecule has 0 aliphatic heterocycles. The van der Waals surface area contributed by atoms with Crippen molar-refractivity contribution >= 4 is 11.7 Å². The molecule has 1 saturated carbocycles. The van der Waals surface area contributed by atoms with Gasteiger partial charge < -0.3 is 15.7 Å². The summed E-state index contributed by atoms with van der Waals surface area (Å²) in [5.74, 6) is 0.192. The van der Waals surface area contributed by atoms with Crippen LogP contribution in [0.2, 0.25) is 0 Å². The Morgan fingerprint density at radius 1 is 1.37 bits per heavy atom. The highest BCUT2D eigenvalue weighted by Gasteiger charge is 2.23.